The van der Waals surface area contributed by atoms with E-state index < -0.39 is 5.97 Å². The maximum atomic E-state index is 13.2. The highest BCUT2D eigenvalue weighted by Crippen LogP contribution is 2.36. The second-order valence-electron chi connectivity index (χ2n) is 9.01. The average molecular weight is 537 g/mol. The molecule has 0 unspecified atom stereocenters. The van der Waals surface area contributed by atoms with Crippen LogP contribution < -0.4 is 14.2 Å². The first kappa shape index (κ1) is 24.5. The van der Waals surface area contributed by atoms with Crippen molar-refractivity contribution < 1.29 is 28.2 Å². The van der Waals surface area contributed by atoms with E-state index in [4.69, 9.17) is 30.2 Å². The number of ether oxygens (including phenoxy) is 3. The van der Waals surface area contributed by atoms with Crippen molar-refractivity contribution in [3.63, 3.8) is 0 Å². The van der Waals surface area contributed by atoms with Crippen LogP contribution in [0.5, 0.6) is 17.2 Å². The first-order valence-corrected chi connectivity index (χ1v) is 12.6. The van der Waals surface area contributed by atoms with E-state index in [9.17, 15) is 9.59 Å². The number of fused-ring (bicyclic) bond motifs is 2. The molecule has 0 fully saturated rings. The number of Topliss-reactive ketones (excluding diaryl/α,β-unsaturated/α-hetero) is 1. The molecule has 0 atom stereocenters. The van der Waals surface area contributed by atoms with E-state index in [0.717, 1.165) is 11.1 Å². The van der Waals surface area contributed by atoms with Crippen LogP contribution in [-0.4, -0.2) is 11.8 Å². The maximum absolute atomic E-state index is 13.2. The van der Waals surface area contributed by atoms with Crippen molar-refractivity contribution in [3.05, 3.63) is 130 Å². The van der Waals surface area contributed by atoms with Crippen molar-refractivity contribution in [3.8, 4) is 17.2 Å². The first-order valence-electron chi connectivity index (χ1n) is 12.2. The van der Waals surface area contributed by atoms with Gasteiger partial charge in [0.25, 0.3) is 0 Å². The highest BCUT2D eigenvalue weighted by Gasteiger charge is 2.29. The molecule has 4 aromatic carbocycles. The summed E-state index contributed by atoms with van der Waals surface area (Å²) in [6.45, 7) is 2.10. The van der Waals surface area contributed by atoms with Crippen LogP contribution in [0.25, 0.3) is 17.0 Å². The molecule has 6 nitrogen and oxygen atoms in total. The van der Waals surface area contributed by atoms with Gasteiger partial charge < -0.3 is 18.6 Å². The minimum absolute atomic E-state index is 0.162. The molecule has 0 amide bonds. The van der Waals surface area contributed by atoms with E-state index in [0.29, 0.717) is 51.0 Å². The van der Waals surface area contributed by atoms with Crippen LogP contribution in [0, 0.1) is 6.92 Å². The van der Waals surface area contributed by atoms with Gasteiger partial charge in [-0.05, 0) is 66.6 Å². The topological polar surface area (TPSA) is 75.0 Å². The highest BCUT2D eigenvalue weighted by atomic mass is 35.5. The molecule has 0 radical (unpaired) electrons. The molecule has 192 valence electrons. The molecule has 39 heavy (non-hydrogen) atoms. The molecule has 7 heteroatoms. The molecular weight excluding hydrogens is 516 g/mol. The summed E-state index contributed by atoms with van der Waals surface area (Å²) in [5.74, 6) is 0.882. The van der Waals surface area contributed by atoms with Gasteiger partial charge in [-0.25, -0.2) is 4.79 Å². The van der Waals surface area contributed by atoms with Crippen LogP contribution in [0.2, 0.25) is 5.02 Å². The maximum Gasteiger partial charge on any atom is 0.347 e. The number of rotatable bonds is 6. The molecule has 0 N–H and O–H groups in total. The normalized spacial score (nSPS) is 13.4. The van der Waals surface area contributed by atoms with Gasteiger partial charge in [-0.15, -0.1) is 0 Å². The summed E-state index contributed by atoms with van der Waals surface area (Å²) in [5.41, 5.74) is 3.00. The molecule has 2 heterocycles. The van der Waals surface area contributed by atoms with Gasteiger partial charge in [0.15, 0.2) is 5.76 Å². The van der Waals surface area contributed by atoms with Crippen LogP contribution >= 0.6 is 11.6 Å². The number of hydrogen-bond donors (Lipinski definition) is 0. The third kappa shape index (κ3) is 5.02. The van der Waals surface area contributed by atoms with E-state index >= 15 is 0 Å². The van der Waals surface area contributed by atoms with Crippen LogP contribution in [0.1, 0.15) is 37.6 Å². The quantitative estimate of drug-likeness (QED) is 0.125. The number of carbonyl (C=O) groups is 2. The summed E-state index contributed by atoms with van der Waals surface area (Å²) in [6.07, 6.45) is 1.62. The molecule has 6 rings (SSSR count). The zero-order valence-electron chi connectivity index (χ0n) is 20.8. The van der Waals surface area contributed by atoms with Crippen molar-refractivity contribution >= 4 is 40.4 Å². The number of halogens is 1. The van der Waals surface area contributed by atoms with Gasteiger partial charge in [0.1, 0.15) is 40.8 Å². The number of esters is 1. The fourth-order valence-electron chi connectivity index (χ4n) is 4.42. The van der Waals surface area contributed by atoms with Crippen molar-refractivity contribution in [2.24, 2.45) is 0 Å². The first-order chi connectivity index (χ1) is 18.9. The van der Waals surface area contributed by atoms with Crippen LogP contribution in [-0.2, 0) is 6.61 Å². The fourth-order valence-corrected chi connectivity index (χ4v) is 4.62. The zero-order chi connectivity index (χ0) is 26.9. The third-order valence-corrected chi connectivity index (χ3v) is 6.52. The SMILES string of the molecule is Cc1oc2ccc(OCc3ccccc3)cc2c1C(=O)Oc1ccc2c(c1)O/C(=C\c1cccc(Cl)c1)C2=O. The Morgan fingerprint density at radius 1 is 0.923 bits per heavy atom. The minimum Gasteiger partial charge on any atom is -0.489 e. The Hall–Kier alpha value is -4.81. The van der Waals surface area contributed by atoms with Crippen LogP contribution in [0.3, 0.4) is 0 Å². The van der Waals surface area contributed by atoms with E-state index in [1.54, 1.807) is 61.5 Å². The number of benzene rings is 4. The smallest absolute Gasteiger partial charge is 0.347 e. The Bertz CT molecular complexity index is 1770. The predicted molar refractivity (Wildman–Crippen MR) is 148 cm³/mol. The molecule has 1 aliphatic rings. The molecule has 0 aliphatic carbocycles. The molecule has 0 bridgehead atoms. The third-order valence-electron chi connectivity index (χ3n) is 6.29. The van der Waals surface area contributed by atoms with Crippen LogP contribution in [0.4, 0.5) is 0 Å². The minimum atomic E-state index is -0.592. The number of carbonyl (C=O) groups excluding carboxylic acids is 2. The van der Waals surface area contributed by atoms with E-state index in [1.165, 1.54) is 6.07 Å². The lowest BCUT2D eigenvalue weighted by Gasteiger charge is -2.07. The molecule has 5 aromatic rings. The van der Waals surface area contributed by atoms with Crippen molar-refractivity contribution in [2.45, 2.75) is 13.5 Å². The van der Waals surface area contributed by atoms with Gasteiger partial charge in [-0.1, -0.05) is 54.1 Å². The van der Waals surface area contributed by atoms with Gasteiger partial charge in [-0.3, -0.25) is 4.79 Å². The Balaban J connectivity index is 1.22. The number of ketones is 1. The van der Waals surface area contributed by atoms with Gasteiger partial charge in [-0.2, -0.15) is 0 Å². The van der Waals surface area contributed by atoms with Gasteiger partial charge in [0.2, 0.25) is 5.78 Å². The predicted octanol–water partition coefficient (Wildman–Crippen LogP) is 7.81. The molecule has 0 spiro atoms. The van der Waals surface area contributed by atoms with Crippen molar-refractivity contribution in [1.29, 1.82) is 0 Å². The van der Waals surface area contributed by atoms with Crippen molar-refractivity contribution in [1.82, 2.24) is 0 Å². The summed E-state index contributed by atoms with van der Waals surface area (Å²) in [7, 11) is 0. The highest BCUT2D eigenvalue weighted by molar-refractivity contribution is 6.30. The van der Waals surface area contributed by atoms with Gasteiger partial charge >= 0.3 is 5.97 Å². The second-order valence-corrected chi connectivity index (χ2v) is 9.44. The molecule has 1 aromatic heterocycles. The molecular formula is C32H21ClO6. The summed E-state index contributed by atoms with van der Waals surface area (Å²) < 4.78 is 23.2. The Kier molecular flexibility index (Phi) is 6.39. The lowest BCUT2D eigenvalue weighted by Crippen LogP contribution is -2.09. The number of allylic oxidation sites excluding steroid dienone is 1. The van der Waals surface area contributed by atoms with E-state index in [2.05, 4.69) is 0 Å². The lowest BCUT2D eigenvalue weighted by atomic mass is 10.1. The number of hydrogen-bond acceptors (Lipinski definition) is 6. The standard InChI is InChI=1S/C32H21ClO6/c1-19-30(26-16-23(11-13-27(26)37-19)36-18-20-6-3-2-4-7-20)32(35)38-24-10-12-25-28(17-24)39-29(31(25)34)15-21-8-5-9-22(33)14-21/h2-17H,18H2,1H3/b29-15-. The lowest BCUT2D eigenvalue weighted by molar-refractivity contribution is 0.0734. The number of furan rings is 1. The van der Waals surface area contributed by atoms with E-state index in [1.807, 2.05) is 36.4 Å². The second kappa shape index (κ2) is 10.2. The Morgan fingerprint density at radius 2 is 1.74 bits per heavy atom. The largest absolute Gasteiger partial charge is 0.489 e. The van der Waals surface area contributed by atoms with Crippen LogP contribution in [0.15, 0.2) is 101 Å². The molecule has 1 aliphatic heterocycles. The number of aryl methyl sites for hydroxylation is 1. The van der Waals surface area contributed by atoms with Gasteiger partial charge in [0.05, 0.1) is 5.56 Å². The average Bonchev–Trinajstić information content (AvgIpc) is 3.42. The molecule has 0 saturated carbocycles. The monoisotopic (exact) mass is 536 g/mol. The zero-order valence-corrected chi connectivity index (χ0v) is 21.5. The van der Waals surface area contributed by atoms with E-state index in [-0.39, 0.29) is 17.3 Å². The summed E-state index contributed by atoms with van der Waals surface area (Å²) in [5, 5.41) is 1.14. The Morgan fingerprint density at radius 3 is 2.56 bits per heavy atom. The summed E-state index contributed by atoms with van der Waals surface area (Å²) in [4.78, 5) is 26.1. The summed E-state index contributed by atoms with van der Waals surface area (Å²) >= 11 is 6.05. The summed E-state index contributed by atoms with van der Waals surface area (Å²) in [6, 6.07) is 26.9. The van der Waals surface area contributed by atoms with Gasteiger partial charge in [0, 0.05) is 16.5 Å². The molecule has 0 saturated heterocycles. The Labute approximate surface area is 229 Å². The van der Waals surface area contributed by atoms with Crippen molar-refractivity contribution in [2.75, 3.05) is 0 Å². The fraction of sp³-hybridized carbons (Fsp3) is 0.0625.